The molecule has 0 N–H and O–H groups in total. The fourth-order valence-corrected chi connectivity index (χ4v) is 1.69. The minimum Gasteiger partial charge on any atom is -0.432 e. The monoisotopic (exact) mass is 450 g/mol. The van der Waals surface area contributed by atoms with E-state index < -0.39 is 12.3 Å². The molecule has 0 aliphatic carbocycles. The highest BCUT2D eigenvalue weighted by Crippen LogP contribution is 1.89. The molecule has 0 saturated heterocycles. The lowest BCUT2D eigenvalue weighted by Crippen LogP contribution is -2.16. The summed E-state index contributed by atoms with van der Waals surface area (Å²) in [5, 5.41) is 0. The fraction of sp³-hybridized carbons (Fsp3) is 0.700. The zero-order chi connectivity index (χ0) is 22.8. The predicted octanol–water partition coefficient (Wildman–Crippen LogP) is 1.75. The van der Waals surface area contributed by atoms with Gasteiger partial charge in [-0.2, -0.15) is 0 Å². The van der Waals surface area contributed by atoms with Crippen molar-refractivity contribution < 1.29 is 52.2 Å². The van der Waals surface area contributed by atoms with Crippen LogP contribution in [0.1, 0.15) is 0 Å². The van der Waals surface area contributed by atoms with E-state index in [1.54, 1.807) is 0 Å². The average molecular weight is 450 g/mol. The Kier molecular flexibility index (Phi) is 22.4. The van der Waals surface area contributed by atoms with Gasteiger partial charge in [-0.25, -0.2) is 9.59 Å². The molecule has 0 unspecified atom stereocenters. The van der Waals surface area contributed by atoms with Crippen molar-refractivity contribution in [1.82, 2.24) is 0 Å². The van der Waals surface area contributed by atoms with Gasteiger partial charge in [-0.05, 0) is 0 Å². The first-order valence-electron chi connectivity index (χ1n) is 9.90. The summed E-state index contributed by atoms with van der Waals surface area (Å²) in [4.78, 5) is 22.0. The van der Waals surface area contributed by atoms with E-state index in [0.717, 1.165) is 0 Å². The fourth-order valence-electron chi connectivity index (χ4n) is 1.69. The lowest BCUT2D eigenvalue weighted by molar-refractivity contribution is -0.0196. The van der Waals surface area contributed by atoms with Gasteiger partial charge in [0, 0.05) is 0 Å². The van der Waals surface area contributed by atoms with Gasteiger partial charge in [0.2, 0.25) is 0 Å². The highest BCUT2D eigenvalue weighted by molar-refractivity contribution is 5.60. The molecular formula is C20H34O11. The second-order valence-corrected chi connectivity index (χ2v) is 5.46. The van der Waals surface area contributed by atoms with Gasteiger partial charge in [-0.15, -0.1) is 0 Å². The summed E-state index contributed by atoms with van der Waals surface area (Å²) in [6.07, 6.45) is 1.41. The number of ether oxygens (including phenoxy) is 9. The summed E-state index contributed by atoms with van der Waals surface area (Å²) in [5.74, 6) is 0. The molecule has 0 amide bonds. The number of carbonyl (C=O) groups excluding carboxylic acids is 2. The minimum atomic E-state index is -0.748. The van der Waals surface area contributed by atoms with Crippen molar-refractivity contribution in [3.05, 3.63) is 25.3 Å². The van der Waals surface area contributed by atoms with Gasteiger partial charge in [0.25, 0.3) is 0 Å². The van der Waals surface area contributed by atoms with Crippen LogP contribution in [0.3, 0.4) is 0 Å². The Hall–Kier alpha value is -2.18. The maximum atomic E-state index is 11.0. The van der Waals surface area contributed by atoms with E-state index >= 15 is 0 Å². The first kappa shape index (κ1) is 28.8. The smallest absolute Gasteiger partial charge is 0.432 e. The summed E-state index contributed by atoms with van der Waals surface area (Å²) >= 11 is 0. The van der Waals surface area contributed by atoms with E-state index in [1.807, 2.05) is 0 Å². The third kappa shape index (κ3) is 24.0. The number of hydrogen-bond donors (Lipinski definition) is 0. The molecule has 0 heterocycles. The average Bonchev–Trinajstić information content (AvgIpc) is 2.77. The van der Waals surface area contributed by atoms with Gasteiger partial charge in [-0.1, -0.05) is 25.3 Å². The predicted molar refractivity (Wildman–Crippen MR) is 109 cm³/mol. The third-order valence-corrected chi connectivity index (χ3v) is 3.02. The molecule has 0 saturated carbocycles. The van der Waals surface area contributed by atoms with Crippen LogP contribution in [0.15, 0.2) is 25.3 Å². The number of carbonyl (C=O) groups is 2. The van der Waals surface area contributed by atoms with E-state index in [0.29, 0.717) is 52.9 Å². The second kappa shape index (κ2) is 24.1. The normalized spacial score (nSPS) is 10.3. The van der Waals surface area contributed by atoms with Crippen molar-refractivity contribution >= 4 is 12.3 Å². The molecule has 0 rings (SSSR count). The highest BCUT2D eigenvalue weighted by Gasteiger charge is 2.02. The Morgan fingerprint density at radius 1 is 0.452 bits per heavy atom. The van der Waals surface area contributed by atoms with Crippen molar-refractivity contribution in [2.45, 2.75) is 0 Å². The van der Waals surface area contributed by atoms with Crippen LogP contribution in [-0.4, -0.2) is 105 Å². The molecule has 31 heavy (non-hydrogen) atoms. The van der Waals surface area contributed by atoms with Crippen molar-refractivity contribution in [3.63, 3.8) is 0 Å². The van der Waals surface area contributed by atoms with Crippen LogP contribution in [0.4, 0.5) is 9.59 Å². The zero-order valence-electron chi connectivity index (χ0n) is 18.0. The summed E-state index contributed by atoms with van der Waals surface area (Å²) in [6, 6.07) is 0. The van der Waals surface area contributed by atoms with E-state index in [9.17, 15) is 9.59 Å². The van der Waals surface area contributed by atoms with Gasteiger partial charge >= 0.3 is 12.3 Å². The van der Waals surface area contributed by atoms with Crippen molar-refractivity contribution in [1.29, 1.82) is 0 Å². The van der Waals surface area contributed by atoms with Crippen molar-refractivity contribution in [2.75, 3.05) is 92.5 Å². The van der Waals surface area contributed by atoms with Gasteiger partial charge in [-0.3, -0.25) is 0 Å². The van der Waals surface area contributed by atoms with Crippen LogP contribution < -0.4 is 0 Å². The molecule has 0 aliphatic rings. The van der Waals surface area contributed by atoms with E-state index in [4.69, 9.17) is 33.2 Å². The Morgan fingerprint density at radius 3 is 0.968 bits per heavy atom. The van der Waals surface area contributed by atoms with E-state index in [2.05, 4.69) is 22.6 Å². The molecule has 11 nitrogen and oxygen atoms in total. The Bertz CT molecular complexity index is 416. The molecule has 0 aromatic carbocycles. The first-order valence-corrected chi connectivity index (χ1v) is 9.90. The van der Waals surface area contributed by atoms with Gasteiger partial charge < -0.3 is 42.6 Å². The van der Waals surface area contributed by atoms with Crippen LogP contribution in [-0.2, 0) is 42.6 Å². The molecule has 0 spiro atoms. The van der Waals surface area contributed by atoms with Crippen LogP contribution in [0, 0.1) is 0 Å². The largest absolute Gasteiger partial charge is 0.508 e. The quantitative estimate of drug-likeness (QED) is 0.136. The number of hydrogen-bond acceptors (Lipinski definition) is 11. The standard InChI is InChI=1S/C20H34O11/c1-3-5-28-19(21)30-17-15-26-13-11-24-9-7-23-8-10-25-12-14-27-16-18-31-20(22)29-6-4-2/h3-4H,1-2,5-18H2. The molecular weight excluding hydrogens is 416 g/mol. The number of rotatable bonds is 22. The van der Waals surface area contributed by atoms with Crippen LogP contribution in [0.2, 0.25) is 0 Å². The van der Waals surface area contributed by atoms with Crippen LogP contribution >= 0.6 is 0 Å². The highest BCUT2D eigenvalue weighted by atomic mass is 16.7. The lowest BCUT2D eigenvalue weighted by atomic mass is 10.7. The first-order chi connectivity index (χ1) is 15.2. The minimum absolute atomic E-state index is 0.114. The molecule has 180 valence electrons. The lowest BCUT2D eigenvalue weighted by Gasteiger charge is -2.08. The summed E-state index contributed by atoms with van der Waals surface area (Å²) in [5.41, 5.74) is 0. The topological polar surface area (TPSA) is 117 Å². The summed E-state index contributed by atoms with van der Waals surface area (Å²) in [7, 11) is 0. The van der Waals surface area contributed by atoms with E-state index in [1.165, 1.54) is 12.2 Å². The second-order valence-electron chi connectivity index (χ2n) is 5.46. The van der Waals surface area contributed by atoms with Gasteiger partial charge in [0.05, 0.1) is 66.1 Å². The zero-order valence-corrected chi connectivity index (χ0v) is 18.0. The summed E-state index contributed by atoms with van der Waals surface area (Å²) in [6.45, 7) is 11.2. The molecule has 0 aromatic heterocycles. The maximum absolute atomic E-state index is 11.0. The molecule has 0 bridgehead atoms. The van der Waals surface area contributed by atoms with Crippen molar-refractivity contribution in [2.24, 2.45) is 0 Å². The molecule has 0 aromatic rings. The Balaban J connectivity index is 3.12. The third-order valence-electron chi connectivity index (χ3n) is 3.02. The SMILES string of the molecule is C=CCOC(=O)OCCOCCOCCOCCOCCOCCOC(=O)OCC=C. The Morgan fingerprint density at radius 2 is 0.710 bits per heavy atom. The molecule has 0 radical (unpaired) electrons. The van der Waals surface area contributed by atoms with Crippen molar-refractivity contribution in [3.8, 4) is 0 Å². The van der Waals surface area contributed by atoms with Gasteiger partial charge in [0.1, 0.15) is 26.4 Å². The molecule has 0 atom stereocenters. The van der Waals surface area contributed by atoms with Gasteiger partial charge in [0.15, 0.2) is 0 Å². The summed E-state index contributed by atoms with van der Waals surface area (Å²) < 4.78 is 45.3. The molecule has 0 aliphatic heterocycles. The van der Waals surface area contributed by atoms with Crippen LogP contribution in [0.25, 0.3) is 0 Å². The maximum Gasteiger partial charge on any atom is 0.508 e. The van der Waals surface area contributed by atoms with E-state index in [-0.39, 0.29) is 39.6 Å². The van der Waals surface area contributed by atoms with Crippen LogP contribution in [0.5, 0.6) is 0 Å². The molecule has 11 heteroatoms. The Labute approximate surface area is 183 Å². The molecule has 0 fully saturated rings.